The molecule has 8 nitrogen and oxygen atoms in total. The van der Waals surface area contributed by atoms with Crippen LogP contribution in [0.4, 0.5) is 14.5 Å². The van der Waals surface area contributed by atoms with Gasteiger partial charge in [-0.3, -0.25) is 19.5 Å². The second kappa shape index (κ2) is 9.55. The number of pyridine rings is 1. The summed E-state index contributed by atoms with van der Waals surface area (Å²) in [4.78, 5) is 39.6. The minimum absolute atomic E-state index is 0.0287. The zero-order valence-electron chi connectivity index (χ0n) is 20.8. The Labute approximate surface area is 222 Å². The summed E-state index contributed by atoms with van der Waals surface area (Å²) in [5.74, 6) is -2.94. The van der Waals surface area contributed by atoms with Crippen molar-refractivity contribution in [1.29, 1.82) is 0 Å². The Morgan fingerprint density at radius 3 is 2.53 bits per heavy atom. The van der Waals surface area contributed by atoms with Gasteiger partial charge >= 0.3 is 0 Å². The predicted octanol–water partition coefficient (Wildman–Crippen LogP) is 4.16. The molecular weight excluding hydrogens is 510 g/mol. The van der Waals surface area contributed by atoms with Crippen LogP contribution < -0.4 is 4.90 Å². The molecule has 0 spiro atoms. The summed E-state index contributed by atoms with van der Waals surface area (Å²) in [5.41, 5.74) is 2.15. The maximum atomic E-state index is 13.5. The van der Waals surface area contributed by atoms with Gasteiger partial charge in [-0.2, -0.15) is 8.78 Å². The van der Waals surface area contributed by atoms with Crippen molar-refractivity contribution < 1.29 is 18.4 Å². The Balaban J connectivity index is 1.13. The van der Waals surface area contributed by atoms with Crippen LogP contribution in [0.3, 0.4) is 0 Å². The van der Waals surface area contributed by atoms with E-state index in [4.69, 9.17) is 0 Å². The number of halogens is 2. The number of alkyl halides is 2. The Kier molecular flexibility index (Phi) is 6.19. The van der Waals surface area contributed by atoms with Crippen molar-refractivity contribution in [2.45, 2.75) is 25.3 Å². The molecule has 1 unspecified atom stereocenters. The van der Waals surface area contributed by atoms with Gasteiger partial charge in [0, 0.05) is 81.0 Å². The number of amides is 2. The molecule has 0 N–H and O–H groups in total. The summed E-state index contributed by atoms with van der Waals surface area (Å²) >= 11 is 1.35. The maximum absolute atomic E-state index is 13.5. The molecule has 0 radical (unpaired) electrons. The van der Waals surface area contributed by atoms with E-state index in [9.17, 15) is 18.4 Å². The van der Waals surface area contributed by atoms with Gasteiger partial charge in [0.2, 0.25) is 5.91 Å². The average molecular weight is 537 g/mol. The third kappa shape index (κ3) is 4.56. The molecule has 11 heteroatoms. The van der Waals surface area contributed by atoms with Crippen LogP contribution >= 0.6 is 11.3 Å². The normalized spacial score (nSPS) is 19.0. The van der Waals surface area contributed by atoms with Crippen molar-refractivity contribution in [2.75, 3.05) is 37.6 Å². The van der Waals surface area contributed by atoms with Crippen molar-refractivity contribution in [3.63, 3.8) is 0 Å². The van der Waals surface area contributed by atoms with E-state index in [-0.39, 0.29) is 23.6 Å². The van der Waals surface area contributed by atoms with Gasteiger partial charge in [0.15, 0.2) is 5.01 Å². The molecule has 5 heterocycles. The van der Waals surface area contributed by atoms with E-state index < -0.39 is 5.92 Å². The number of nitrogens with zero attached hydrogens (tertiary/aromatic N) is 6. The van der Waals surface area contributed by atoms with Crippen LogP contribution in [0.15, 0.2) is 60.4 Å². The number of piperazine rings is 1. The molecule has 0 bridgehead atoms. The number of rotatable bonds is 5. The highest BCUT2D eigenvalue weighted by Crippen LogP contribution is 2.31. The Morgan fingerprint density at radius 1 is 1.05 bits per heavy atom. The monoisotopic (exact) mass is 536 g/mol. The smallest absolute Gasteiger partial charge is 0.286 e. The lowest BCUT2D eigenvalue weighted by atomic mass is 10.2. The number of benzene rings is 1. The summed E-state index contributed by atoms with van der Waals surface area (Å²) in [6.07, 6.45) is 5.40. The van der Waals surface area contributed by atoms with E-state index in [1.54, 1.807) is 17.6 Å². The van der Waals surface area contributed by atoms with E-state index in [2.05, 4.69) is 14.9 Å². The van der Waals surface area contributed by atoms with Crippen molar-refractivity contribution in [3.8, 4) is 5.69 Å². The molecule has 1 atom stereocenters. The zero-order valence-corrected chi connectivity index (χ0v) is 21.6. The summed E-state index contributed by atoms with van der Waals surface area (Å²) in [6.45, 7) is 4.12. The Bertz CT molecular complexity index is 1470. The van der Waals surface area contributed by atoms with Gasteiger partial charge in [-0.15, -0.1) is 11.3 Å². The fraction of sp³-hybridized carbons (Fsp3) is 0.333. The standard InChI is InChI=1S/C27H26F2N6O2S/c1-27(28,29)23-5-3-20(16-31-23)34-8-6-18-14-19(2-4-22(18)34)35-17-21(15-24(35)36)32-9-11-33(12-10-32)26(37)25-30-7-13-38-25/h2-8,13-14,16,21H,9-12,15,17H2,1H3. The lowest BCUT2D eigenvalue weighted by molar-refractivity contribution is -0.117. The number of hydrogen-bond donors (Lipinski definition) is 0. The van der Waals surface area contributed by atoms with E-state index in [1.807, 2.05) is 44.8 Å². The molecule has 38 heavy (non-hydrogen) atoms. The zero-order chi connectivity index (χ0) is 26.4. The molecule has 2 saturated heterocycles. The molecule has 2 amide bonds. The first-order valence-electron chi connectivity index (χ1n) is 12.5. The maximum Gasteiger partial charge on any atom is 0.286 e. The molecule has 1 aromatic carbocycles. The molecule has 4 aromatic rings. The van der Waals surface area contributed by atoms with E-state index in [0.717, 1.165) is 36.6 Å². The highest BCUT2D eigenvalue weighted by molar-refractivity contribution is 7.11. The number of aromatic nitrogens is 3. The number of thiazole rings is 1. The van der Waals surface area contributed by atoms with Crippen LogP contribution in [0.5, 0.6) is 0 Å². The summed E-state index contributed by atoms with van der Waals surface area (Å²) < 4.78 is 29.0. The average Bonchev–Trinajstić information content (AvgIpc) is 3.68. The second-order valence-corrected chi connectivity index (χ2v) is 10.6. The van der Waals surface area contributed by atoms with Crippen LogP contribution in [-0.2, 0) is 10.7 Å². The molecule has 2 aliphatic heterocycles. The van der Waals surface area contributed by atoms with Gasteiger partial charge in [0.1, 0.15) is 5.69 Å². The lowest BCUT2D eigenvalue weighted by Gasteiger charge is -2.37. The van der Waals surface area contributed by atoms with Gasteiger partial charge in [0.05, 0.1) is 17.4 Å². The van der Waals surface area contributed by atoms with Crippen molar-refractivity contribution in [1.82, 2.24) is 24.3 Å². The van der Waals surface area contributed by atoms with Gasteiger partial charge < -0.3 is 14.4 Å². The summed E-state index contributed by atoms with van der Waals surface area (Å²) in [6, 6.07) is 10.9. The molecule has 2 aliphatic rings. The van der Waals surface area contributed by atoms with Crippen LogP contribution in [-0.4, -0.2) is 74.9 Å². The molecular formula is C27H26F2N6O2S. The Hall–Kier alpha value is -3.70. The number of hydrogen-bond acceptors (Lipinski definition) is 6. The first-order valence-corrected chi connectivity index (χ1v) is 13.3. The third-order valence-corrected chi connectivity index (χ3v) is 8.06. The predicted molar refractivity (Wildman–Crippen MR) is 141 cm³/mol. The molecule has 0 saturated carbocycles. The highest BCUT2D eigenvalue weighted by atomic mass is 32.1. The van der Waals surface area contributed by atoms with Gasteiger partial charge in [0.25, 0.3) is 11.8 Å². The van der Waals surface area contributed by atoms with E-state index in [1.165, 1.54) is 23.6 Å². The molecule has 0 aliphatic carbocycles. The highest BCUT2D eigenvalue weighted by Gasteiger charge is 2.36. The van der Waals surface area contributed by atoms with Gasteiger partial charge in [-0.25, -0.2) is 4.98 Å². The Morgan fingerprint density at radius 2 is 1.84 bits per heavy atom. The second-order valence-electron chi connectivity index (χ2n) is 9.75. The lowest BCUT2D eigenvalue weighted by Crippen LogP contribution is -2.52. The first-order chi connectivity index (χ1) is 18.3. The fourth-order valence-corrected chi connectivity index (χ4v) is 5.85. The van der Waals surface area contributed by atoms with Crippen LogP contribution in [0.25, 0.3) is 16.6 Å². The quantitative estimate of drug-likeness (QED) is 0.383. The fourth-order valence-electron chi connectivity index (χ4n) is 5.25. The van der Waals surface area contributed by atoms with Crippen molar-refractivity contribution in [2.24, 2.45) is 0 Å². The van der Waals surface area contributed by atoms with E-state index in [0.29, 0.717) is 36.8 Å². The SMILES string of the molecule is CC(F)(F)c1ccc(-n2ccc3cc(N4CC(N5CCN(C(=O)c6nccs6)CC5)CC4=O)ccc32)cn1. The summed E-state index contributed by atoms with van der Waals surface area (Å²) in [5, 5.41) is 3.26. The molecule has 196 valence electrons. The minimum atomic E-state index is -2.99. The van der Waals surface area contributed by atoms with Crippen LogP contribution in [0.1, 0.15) is 28.8 Å². The van der Waals surface area contributed by atoms with E-state index >= 15 is 0 Å². The van der Waals surface area contributed by atoms with Crippen molar-refractivity contribution in [3.05, 3.63) is 71.1 Å². The number of fused-ring (bicyclic) bond motifs is 1. The molecule has 3 aromatic heterocycles. The number of carbonyl (C=O) groups excluding carboxylic acids is 2. The van der Waals surface area contributed by atoms with Crippen LogP contribution in [0.2, 0.25) is 0 Å². The first kappa shape index (κ1) is 24.6. The molecule has 2 fully saturated rings. The van der Waals surface area contributed by atoms with Crippen LogP contribution in [0, 0.1) is 0 Å². The topological polar surface area (TPSA) is 74.6 Å². The minimum Gasteiger partial charge on any atom is -0.334 e. The van der Waals surface area contributed by atoms with Crippen molar-refractivity contribution >= 4 is 39.7 Å². The third-order valence-electron chi connectivity index (χ3n) is 7.30. The largest absolute Gasteiger partial charge is 0.334 e. The number of carbonyl (C=O) groups is 2. The van der Waals surface area contributed by atoms with Gasteiger partial charge in [-0.05, 0) is 36.4 Å². The number of anilines is 1. The summed E-state index contributed by atoms with van der Waals surface area (Å²) in [7, 11) is 0. The molecule has 6 rings (SSSR count). The van der Waals surface area contributed by atoms with Gasteiger partial charge in [-0.1, -0.05) is 0 Å².